The molecule has 2 rings (SSSR count). The fourth-order valence-corrected chi connectivity index (χ4v) is 1.86. The Labute approximate surface area is 125 Å². The molecule has 1 atom stereocenters. The number of amides is 1. The predicted molar refractivity (Wildman–Crippen MR) is 71.2 cm³/mol. The molecule has 122 valence electrons. The molecule has 7 nitrogen and oxygen atoms in total. The van der Waals surface area contributed by atoms with Gasteiger partial charge in [-0.1, -0.05) is 12.1 Å². The van der Waals surface area contributed by atoms with E-state index >= 15 is 0 Å². The molecule has 1 aliphatic heterocycles. The zero-order valence-electron chi connectivity index (χ0n) is 11.2. The highest BCUT2D eigenvalue weighted by Crippen LogP contribution is 2.20. The van der Waals surface area contributed by atoms with Crippen LogP contribution in [0.5, 0.6) is 0 Å². The van der Waals surface area contributed by atoms with Crippen molar-refractivity contribution in [2.75, 3.05) is 18.5 Å². The van der Waals surface area contributed by atoms with Gasteiger partial charge in [-0.15, -0.1) is 0 Å². The van der Waals surface area contributed by atoms with Crippen molar-refractivity contribution in [3.8, 4) is 0 Å². The number of nitrogens with one attached hydrogen (secondary N) is 2. The van der Waals surface area contributed by atoms with Gasteiger partial charge in [-0.05, 0) is 17.7 Å². The van der Waals surface area contributed by atoms with Gasteiger partial charge >= 0.3 is 11.2 Å². The number of epoxide rings is 1. The number of anilines is 1. The second-order valence-corrected chi connectivity index (χ2v) is 6.11. The van der Waals surface area contributed by atoms with Crippen LogP contribution in [-0.4, -0.2) is 43.4 Å². The zero-order valence-corrected chi connectivity index (χ0v) is 12.0. The molecule has 10 heteroatoms. The molecule has 0 spiro atoms. The number of ether oxygens (including phenoxy) is 1. The Balaban J connectivity index is 1.87. The van der Waals surface area contributed by atoms with E-state index in [-0.39, 0.29) is 12.6 Å². The quantitative estimate of drug-likeness (QED) is 0.546. The number of hydrogen-bond donors (Lipinski definition) is 2. The summed E-state index contributed by atoms with van der Waals surface area (Å²) in [5, 5.41) is -0.181. The van der Waals surface area contributed by atoms with E-state index in [4.69, 9.17) is 4.74 Å². The third-order valence-corrected chi connectivity index (χ3v) is 3.73. The molecule has 1 fully saturated rings. The van der Waals surface area contributed by atoms with E-state index in [0.717, 1.165) is 5.69 Å². The van der Waals surface area contributed by atoms with E-state index in [2.05, 4.69) is 5.32 Å². The molecule has 1 saturated heterocycles. The van der Waals surface area contributed by atoms with Crippen LogP contribution < -0.4 is 10.6 Å². The fourth-order valence-electron chi connectivity index (χ4n) is 1.56. The number of alkyl halides is 2. The summed E-state index contributed by atoms with van der Waals surface area (Å²) < 4.78 is 61.8. The number of carbonyl (C=O) groups excluding carboxylic acids is 1. The maximum absolute atomic E-state index is 12.9. The Hall–Kier alpha value is -1.78. The van der Waals surface area contributed by atoms with Gasteiger partial charge in [-0.3, -0.25) is 4.79 Å². The van der Waals surface area contributed by atoms with Crippen molar-refractivity contribution in [2.24, 2.45) is 0 Å². The number of benzene rings is 1. The van der Waals surface area contributed by atoms with Crippen molar-refractivity contribution in [1.29, 1.82) is 0 Å². The minimum atomic E-state index is -6.04. The Bertz CT molecular complexity index is 644. The van der Waals surface area contributed by atoms with E-state index < -0.39 is 21.3 Å². The van der Waals surface area contributed by atoms with E-state index in [0.29, 0.717) is 18.7 Å². The second-order valence-electron chi connectivity index (χ2n) is 4.69. The molecule has 1 aromatic rings. The molecule has 0 radical (unpaired) electrons. The van der Waals surface area contributed by atoms with Gasteiger partial charge in [0.05, 0.1) is 12.7 Å². The van der Waals surface area contributed by atoms with Crippen LogP contribution in [0.4, 0.5) is 14.5 Å². The minimum Gasteiger partial charge on any atom is -0.743 e. The number of hydrogen-bond acceptors (Lipinski definition) is 6. The molecule has 0 saturated carbocycles. The lowest BCUT2D eigenvalue weighted by Gasteiger charge is -2.18. The van der Waals surface area contributed by atoms with Gasteiger partial charge in [0.25, 0.3) is 0 Å². The average molecular weight is 335 g/mol. The third kappa shape index (κ3) is 4.12. The first kappa shape index (κ1) is 16.6. The van der Waals surface area contributed by atoms with Crippen molar-refractivity contribution in [2.45, 2.75) is 17.9 Å². The van der Waals surface area contributed by atoms with Crippen molar-refractivity contribution in [3.05, 3.63) is 29.8 Å². The van der Waals surface area contributed by atoms with Gasteiger partial charge in [-0.25, -0.2) is 8.42 Å². The van der Waals surface area contributed by atoms with Crippen LogP contribution in [0.1, 0.15) is 5.56 Å². The SMILES string of the molecule is O=C(NCc1ccc(NCC2CO2)cc1)C(F)(F)S(=O)(=O)[O-]. The Morgan fingerprint density at radius 3 is 2.45 bits per heavy atom. The maximum atomic E-state index is 12.9. The molecule has 22 heavy (non-hydrogen) atoms. The summed E-state index contributed by atoms with van der Waals surface area (Å²) in [6, 6.07) is 6.49. The summed E-state index contributed by atoms with van der Waals surface area (Å²) in [7, 11) is -6.04. The number of halogens is 2. The summed E-state index contributed by atoms with van der Waals surface area (Å²) in [6.45, 7) is 1.05. The molecular formula is C12H13F2N2O5S-. The first-order chi connectivity index (χ1) is 10.2. The smallest absolute Gasteiger partial charge is 0.410 e. The lowest BCUT2D eigenvalue weighted by atomic mass is 10.2. The largest absolute Gasteiger partial charge is 0.743 e. The van der Waals surface area contributed by atoms with Gasteiger partial charge in [0.15, 0.2) is 10.1 Å². The van der Waals surface area contributed by atoms with Crippen LogP contribution in [0.15, 0.2) is 24.3 Å². The van der Waals surface area contributed by atoms with Gasteiger partial charge in [0.2, 0.25) is 0 Å². The fraction of sp³-hybridized carbons (Fsp3) is 0.417. The van der Waals surface area contributed by atoms with Crippen LogP contribution in [0, 0.1) is 0 Å². The Kier molecular flexibility index (Phi) is 4.63. The molecule has 1 aliphatic rings. The lowest BCUT2D eigenvalue weighted by Crippen LogP contribution is -2.45. The minimum absolute atomic E-state index is 0.204. The predicted octanol–water partition coefficient (Wildman–Crippen LogP) is 0.251. The van der Waals surface area contributed by atoms with E-state index in [1.54, 1.807) is 29.6 Å². The summed E-state index contributed by atoms with van der Waals surface area (Å²) in [4.78, 5) is 11.1. The van der Waals surface area contributed by atoms with Gasteiger partial charge in [-0.2, -0.15) is 8.78 Å². The Morgan fingerprint density at radius 1 is 1.36 bits per heavy atom. The van der Waals surface area contributed by atoms with Gasteiger partial charge in [0.1, 0.15) is 0 Å². The van der Waals surface area contributed by atoms with Gasteiger partial charge in [0, 0.05) is 18.8 Å². The van der Waals surface area contributed by atoms with Crippen molar-refractivity contribution < 1.29 is 31.3 Å². The molecule has 1 amide bonds. The highest BCUT2D eigenvalue weighted by atomic mass is 32.2. The molecule has 1 aromatic carbocycles. The molecule has 1 heterocycles. The molecule has 2 N–H and O–H groups in total. The highest BCUT2D eigenvalue weighted by molar-refractivity contribution is 7.87. The molecular weight excluding hydrogens is 322 g/mol. The van der Waals surface area contributed by atoms with Crippen molar-refractivity contribution in [3.63, 3.8) is 0 Å². The van der Waals surface area contributed by atoms with Crippen molar-refractivity contribution in [1.82, 2.24) is 5.32 Å². The van der Waals surface area contributed by atoms with Crippen LogP contribution in [0.25, 0.3) is 0 Å². The molecule has 0 aliphatic carbocycles. The van der Waals surface area contributed by atoms with Crippen LogP contribution in [0.3, 0.4) is 0 Å². The summed E-state index contributed by atoms with van der Waals surface area (Å²) in [5.74, 6) is -2.14. The third-order valence-electron chi connectivity index (χ3n) is 2.92. The van der Waals surface area contributed by atoms with Crippen LogP contribution in [0.2, 0.25) is 0 Å². The lowest BCUT2D eigenvalue weighted by molar-refractivity contribution is -0.136. The first-order valence-corrected chi connectivity index (χ1v) is 7.67. The summed E-state index contributed by atoms with van der Waals surface area (Å²) in [6.07, 6.45) is 0.204. The highest BCUT2D eigenvalue weighted by Gasteiger charge is 2.46. The standard InChI is InChI=1S/C12H14F2N2O5S/c13-12(14,22(18,19)20)11(17)16-5-8-1-3-9(4-2-8)15-6-10-7-21-10/h1-4,10,15H,5-7H2,(H,16,17)(H,18,19,20)/p-1. The normalized spacial score (nSPS) is 17.9. The Morgan fingerprint density at radius 2 is 1.95 bits per heavy atom. The topological polar surface area (TPSA) is 111 Å². The zero-order chi connectivity index (χ0) is 16.4. The maximum Gasteiger partial charge on any atom is 0.410 e. The summed E-state index contributed by atoms with van der Waals surface area (Å²) in [5.41, 5.74) is 1.26. The number of carbonyl (C=O) groups is 1. The van der Waals surface area contributed by atoms with E-state index in [9.17, 15) is 26.5 Å². The van der Waals surface area contributed by atoms with Crippen molar-refractivity contribution >= 4 is 21.7 Å². The van der Waals surface area contributed by atoms with Crippen LogP contribution >= 0.6 is 0 Å². The van der Waals surface area contributed by atoms with Crippen LogP contribution in [-0.2, 0) is 26.2 Å². The monoisotopic (exact) mass is 335 g/mol. The molecule has 0 aromatic heterocycles. The van der Waals surface area contributed by atoms with Gasteiger partial charge < -0.3 is 19.9 Å². The molecule has 0 bridgehead atoms. The summed E-state index contributed by atoms with van der Waals surface area (Å²) >= 11 is 0. The average Bonchev–Trinajstić information content (AvgIpc) is 3.26. The first-order valence-electron chi connectivity index (χ1n) is 6.26. The number of rotatable bonds is 7. The van der Waals surface area contributed by atoms with E-state index in [1.807, 2.05) is 0 Å². The molecule has 1 unspecified atom stereocenters. The van der Waals surface area contributed by atoms with E-state index in [1.165, 1.54) is 0 Å². The second kappa shape index (κ2) is 6.15.